The Balaban J connectivity index is 2.60. The Morgan fingerprint density at radius 1 is 1.22 bits per heavy atom. The molecule has 0 fully saturated rings. The van der Waals surface area contributed by atoms with Gasteiger partial charge < -0.3 is 11.5 Å². The summed E-state index contributed by atoms with van der Waals surface area (Å²) >= 11 is 0. The molecule has 18 heavy (non-hydrogen) atoms. The van der Waals surface area contributed by atoms with Gasteiger partial charge in [0, 0.05) is 5.69 Å². The number of carbonyl (C=O) groups is 3. The molecule has 0 atom stereocenters. The summed E-state index contributed by atoms with van der Waals surface area (Å²) in [6.07, 6.45) is 0. The standard InChI is InChI=1S/C12H13N3O3/c1-12(2,11(14)18)15-9(16)6-4-3-5-7(13)8(6)10(15)17/h3-5H,13H2,1-2H3,(H2,14,18). The third kappa shape index (κ3) is 1.38. The number of nitrogens with two attached hydrogens (primary N) is 2. The molecule has 6 nitrogen and oxygen atoms in total. The Hall–Kier alpha value is -2.37. The highest BCUT2D eigenvalue weighted by Gasteiger charge is 2.47. The summed E-state index contributed by atoms with van der Waals surface area (Å²) in [5.74, 6) is -1.89. The molecule has 1 aliphatic rings. The van der Waals surface area contributed by atoms with Crippen LogP contribution in [0.3, 0.4) is 0 Å². The second-order valence-electron chi connectivity index (χ2n) is 4.64. The second kappa shape index (κ2) is 3.56. The molecule has 0 bridgehead atoms. The van der Waals surface area contributed by atoms with Crippen LogP contribution in [0.25, 0.3) is 0 Å². The summed E-state index contributed by atoms with van der Waals surface area (Å²) < 4.78 is 0. The van der Waals surface area contributed by atoms with Gasteiger partial charge in [0.25, 0.3) is 11.8 Å². The first kappa shape index (κ1) is 12.1. The number of benzene rings is 1. The molecule has 1 heterocycles. The molecule has 0 spiro atoms. The van der Waals surface area contributed by atoms with E-state index in [0.717, 1.165) is 4.90 Å². The molecule has 3 amide bonds. The number of rotatable bonds is 2. The minimum atomic E-state index is -1.39. The summed E-state index contributed by atoms with van der Waals surface area (Å²) in [5, 5.41) is 0. The zero-order valence-corrected chi connectivity index (χ0v) is 10.1. The van der Waals surface area contributed by atoms with Crippen molar-refractivity contribution < 1.29 is 14.4 Å². The maximum absolute atomic E-state index is 12.2. The van der Waals surface area contributed by atoms with Gasteiger partial charge in [-0.15, -0.1) is 0 Å². The quantitative estimate of drug-likeness (QED) is 0.572. The van der Waals surface area contributed by atoms with Gasteiger partial charge in [0.1, 0.15) is 5.54 Å². The number of hydrogen-bond acceptors (Lipinski definition) is 4. The van der Waals surface area contributed by atoms with Gasteiger partial charge in [-0.05, 0) is 26.0 Å². The molecule has 1 aromatic rings. The SMILES string of the molecule is CC(C)(C(N)=O)N1C(=O)c2cccc(N)c2C1=O. The average Bonchev–Trinajstić information content (AvgIpc) is 2.52. The number of carbonyl (C=O) groups excluding carboxylic acids is 3. The van der Waals surface area contributed by atoms with Crippen molar-refractivity contribution in [2.75, 3.05) is 5.73 Å². The molecule has 94 valence electrons. The zero-order valence-electron chi connectivity index (χ0n) is 10.1. The van der Waals surface area contributed by atoms with E-state index in [1.807, 2.05) is 0 Å². The lowest BCUT2D eigenvalue weighted by Gasteiger charge is -2.30. The fraction of sp³-hybridized carbons (Fsp3) is 0.250. The van der Waals surface area contributed by atoms with Crippen LogP contribution in [0.5, 0.6) is 0 Å². The van der Waals surface area contributed by atoms with E-state index in [2.05, 4.69) is 0 Å². The van der Waals surface area contributed by atoms with Gasteiger partial charge in [0.05, 0.1) is 11.1 Å². The Bertz CT molecular complexity index is 578. The van der Waals surface area contributed by atoms with Crippen molar-refractivity contribution >= 4 is 23.4 Å². The Labute approximate surface area is 104 Å². The molecule has 0 unspecified atom stereocenters. The summed E-state index contributed by atoms with van der Waals surface area (Å²) in [6, 6.07) is 4.62. The molecule has 0 aromatic heterocycles. The van der Waals surface area contributed by atoms with E-state index in [-0.39, 0.29) is 16.8 Å². The van der Waals surface area contributed by atoms with Crippen LogP contribution < -0.4 is 11.5 Å². The van der Waals surface area contributed by atoms with Crippen LogP contribution in [-0.2, 0) is 4.79 Å². The van der Waals surface area contributed by atoms with Gasteiger partial charge in [0.15, 0.2) is 0 Å². The molecule has 0 saturated heterocycles. The lowest BCUT2D eigenvalue weighted by molar-refractivity contribution is -0.125. The van der Waals surface area contributed by atoms with Gasteiger partial charge >= 0.3 is 0 Å². The van der Waals surface area contributed by atoms with E-state index >= 15 is 0 Å². The molecule has 0 aliphatic carbocycles. The number of imide groups is 1. The van der Waals surface area contributed by atoms with Crippen molar-refractivity contribution in [1.82, 2.24) is 4.90 Å². The number of hydrogen-bond donors (Lipinski definition) is 2. The van der Waals surface area contributed by atoms with Crippen LogP contribution in [0, 0.1) is 0 Å². The largest absolute Gasteiger partial charge is 0.398 e. The molecular weight excluding hydrogens is 234 g/mol. The van der Waals surface area contributed by atoms with Gasteiger partial charge in [-0.1, -0.05) is 6.07 Å². The third-order valence-corrected chi connectivity index (χ3v) is 3.11. The van der Waals surface area contributed by atoms with Gasteiger partial charge in [-0.25, -0.2) is 0 Å². The topological polar surface area (TPSA) is 106 Å². The molecular formula is C12H13N3O3. The highest BCUT2D eigenvalue weighted by atomic mass is 16.2. The third-order valence-electron chi connectivity index (χ3n) is 3.11. The number of fused-ring (bicyclic) bond motifs is 1. The highest BCUT2D eigenvalue weighted by Crippen LogP contribution is 2.32. The lowest BCUT2D eigenvalue weighted by Crippen LogP contribution is -2.55. The van der Waals surface area contributed by atoms with E-state index in [9.17, 15) is 14.4 Å². The van der Waals surface area contributed by atoms with Crippen LogP contribution in [0.15, 0.2) is 18.2 Å². The Morgan fingerprint density at radius 2 is 1.83 bits per heavy atom. The fourth-order valence-corrected chi connectivity index (χ4v) is 1.93. The lowest BCUT2D eigenvalue weighted by atomic mass is 10.0. The fourth-order valence-electron chi connectivity index (χ4n) is 1.93. The summed E-state index contributed by atoms with van der Waals surface area (Å²) in [5.41, 5.74) is 10.1. The zero-order chi connectivity index (χ0) is 13.7. The van der Waals surface area contributed by atoms with Crippen LogP contribution in [-0.4, -0.2) is 28.2 Å². The molecule has 4 N–H and O–H groups in total. The monoisotopic (exact) mass is 247 g/mol. The maximum atomic E-state index is 12.2. The minimum absolute atomic E-state index is 0.136. The van der Waals surface area contributed by atoms with Crippen LogP contribution in [0.2, 0.25) is 0 Å². The number of primary amides is 1. The number of nitrogens with zero attached hydrogens (tertiary/aromatic N) is 1. The van der Waals surface area contributed by atoms with E-state index in [1.165, 1.54) is 26.0 Å². The van der Waals surface area contributed by atoms with Gasteiger partial charge in [-0.3, -0.25) is 19.3 Å². The minimum Gasteiger partial charge on any atom is -0.398 e. The molecule has 2 rings (SSSR count). The van der Waals surface area contributed by atoms with Crippen molar-refractivity contribution in [2.24, 2.45) is 5.73 Å². The number of nitrogen functional groups attached to an aromatic ring is 1. The summed E-state index contributed by atoms with van der Waals surface area (Å²) in [4.78, 5) is 36.6. The molecule has 1 aliphatic heterocycles. The highest BCUT2D eigenvalue weighted by molar-refractivity contribution is 6.25. The molecule has 0 saturated carbocycles. The van der Waals surface area contributed by atoms with Gasteiger partial charge in [-0.2, -0.15) is 0 Å². The summed E-state index contributed by atoms with van der Waals surface area (Å²) in [6.45, 7) is 2.85. The van der Waals surface area contributed by atoms with Crippen molar-refractivity contribution in [1.29, 1.82) is 0 Å². The average molecular weight is 247 g/mol. The van der Waals surface area contributed by atoms with Crippen molar-refractivity contribution in [3.8, 4) is 0 Å². The molecule has 6 heteroatoms. The Kier molecular flexibility index (Phi) is 2.39. The first-order valence-corrected chi connectivity index (χ1v) is 5.35. The van der Waals surface area contributed by atoms with Crippen LogP contribution >= 0.6 is 0 Å². The van der Waals surface area contributed by atoms with Gasteiger partial charge in [0.2, 0.25) is 5.91 Å². The first-order chi connectivity index (χ1) is 8.28. The normalized spacial score (nSPS) is 14.9. The van der Waals surface area contributed by atoms with E-state index in [0.29, 0.717) is 0 Å². The number of amides is 3. The summed E-state index contributed by atoms with van der Waals surface area (Å²) in [7, 11) is 0. The predicted octanol–water partition coefficient (Wildman–Crippen LogP) is 0.129. The first-order valence-electron chi connectivity index (χ1n) is 5.35. The smallest absolute Gasteiger partial charge is 0.264 e. The van der Waals surface area contributed by atoms with Crippen LogP contribution in [0.1, 0.15) is 34.6 Å². The van der Waals surface area contributed by atoms with Crippen molar-refractivity contribution in [3.05, 3.63) is 29.3 Å². The maximum Gasteiger partial charge on any atom is 0.264 e. The van der Waals surface area contributed by atoms with E-state index in [4.69, 9.17) is 11.5 Å². The molecule has 1 aromatic carbocycles. The van der Waals surface area contributed by atoms with E-state index in [1.54, 1.807) is 6.07 Å². The number of anilines is 1. The Morgan fingerprint density at radius 3 is 2.33 bits per heavy atom. The second-order valence-corrected chi connectivity index (χ2v) is 4.64. The predicted molar refractivity (Wildman–Crippen MR) is 64.6 cm³/mol. The van der Waals surface area contributed by atoms with Crippen molar-refractivity contribution in [3.63, 3.8) is 0 Å². The van der Waals surface area contributed by atoms with Crippen LogP contribution in [0.4, 0.5) is 5.69 Å². The van der Waals surface area contributed by atoms with E-state index < -0.39 is 23.3 Å². The molecule has 0 radical (unpaired) electrons. The van der Waals surface area contributed by atoms with Crippen molar-refractivity contribution in [2.45, 2.75) is 19.4 Å².